The van der Waals surface area contributed by atoms with Crippen molar-refractivity contribution in [2.24, 2.45) is 5.41 Å². The van der Waals surface area contributed by atoms with Crippen molar-refractivity contribution in [1.82, 2.24) is 5.32 Å². The Bertz CT molecular complexity index is 226. The summed E-state index contributed by atoms with van der Waals surface area (Å²) in [5.41, 5.74) is 0.457. The smallest absolute Gasteiger partial charge is 0.0594 e. The molecular formula is C14H27NOS. The number of ether oxygens (including phenoxy) is 1. The molecule has 2 fully saturated rings. The Morgan fingerprint density at radius 3 is 2.76 bits per heavy atom. The van der Waals surface area contributed by atoms with E-state index in [1.165, 1.54) is 43.6 Å². The van der Waals surface area contributed by atoms with Crippen LogP contribution in [0.4, 0.5) is 0 Å². The summed E-state index contributed by atoms with van der Waals surface area (Å²) in [6.07, 6.45) is 7.19. The summed E-state index contributed by atoms with van der Waals surface area (Å²) < 4.78 is 5.89. The predicted octanol–water partition coefficient (Wildman–Crippen LogP) is 3.07. The number of rotatable bonds is 5. The topological polar surface area (TPSA) is 21.3 Å². The SMILES string of the molecule is CC1(C)CCSCC1NCCOC1CCCC1. The van der Waals surface area contributed by atoms with Gasteiger partial charge in [-0.1, -0.05) is 26.7 Å². The molecule has 1 saturated carbocycles. The second-order valence-electron chi connectivity index (χ2n) is 6.10. The maximum Gasteiger partial charge on any atom is 0.0594 e. The highest BCUT2D eigenvalue weighted by atomic mass is 32.2. The zero-order valence-corrected chi connectivity index (χ0v) is 12.2. The molecule has 0 aromatic heterocycles. The van der Waals surface area contributed by atoms with Crippen molar-refractivity contribution >= 4 is 11.8 Å². The van der Waals surface area contributed by atoms with Gasteiger partial charge >= 0.3 is 0 Å². The molecule has 0 bridgehead atoms. The monoisotopic (exact) mass is 257 g/mol. The summed E-state index contributed by atoms with van der Waals surface area (Å²) in [5.74, 6) is 2.58. The molecule has 2 aliphatic rings. The molecule has 0 aromatic rings. The van der Waals surface area contributed by atoms with Crippen molar-refractivity contribution in [2.45, 2.75) is 58.1 Å². The van der Waals surface area contributed by atoms with Crippen LogP contribution in [0.25, 0.3) is 0 Å². The normalized spacial score (nSPS) is 29.6. The van der Waals surface area contributed by atoms with E-state index < -0.39 is 0 Å². The van der Waals surface area contributed by atoms with Gasteiger partial charge < -0.3 is 10.1 Å². The van der Waals surface area contributed by atoms with Crippen LogP contribution in [-0.2, 0) is 4.74 Å². The lowest BCUT2D eigenvalue weighted by atomic mass is 9.82. The Morgan fingerprint density at radius 1 is 1.29 bits per heavy atom. The zero-order valence-electron chi connectivity index (χ0n) is 11.3. The average molecular weight is 257 g/mol. The van der Waals surface area contributed by atoms with Crippen LogP contribution in [0.5, 0.6) is 0 Å². The molecule has 100 valence electrons. The van der Waals surface area contributed by atoms with Crippen LogP contribution >= 0.6 is 11.8 Å². The van der Waals surface area contributed by atoms with Crippen molar-refractivity contribution < 1.29 is 4.74 Å². The third-order valence-corrected chi connectivity index (χ3v) is 5.33. The maximum atomic E-state index is 5.89. The van der Waals surface area contributed by atoms with Crippen molar-refractivity contribution in [1.29, 1.82) is 0 Å². The second kappa shape index (κ2) is 6.44. The van der Waals surface area contributed by atoms with Gasteiger partial charge in [0.15, 0.2) is 0 Å². The molecular weight excluding hydrogens is 230 g/mol. The van der Waals surface area contributed by atoms with Gasteiger partial charge in [0, 0.05) is 18.3 Å². The number of nitrogens with one attached hydrogen (secondary N) is 1. The molecule has 1 heterocycles. The van der Waals surface area contributed by atoms with Crippen LogP contribution in [0.1, 0.15) is 46.0 Å². The minimum Gasteiger partial charge on any atom is -0.377 e. The van der Waals surface area contributed by atoms with Gasteiger partial charge in [-0.15, -0.1) is 0 Å². The van der Waals surface area contributed by atoms with Crippen molar-refractivity contribution in [2.75, 3.05) is 24.7 Å². The van der Waals surface area contributed by atoms with Crippen molar-refractivity contribution in [3.05, 3.63) is 0 Å². The highest BCUT2D eigenvalue weighted by Gasteiger charge is 2.31. The Morgan fingerprint density at radius 2 is 2.06 bits per heavy atom. The predicted molar refractivity (Wildman–Crippen MR) is 75.7 cm³/mol. The highest BCUT2D eigenvalue weighted by molar-refractivity contribution is 7.99. The third-order valence-electron chi connectivity index (χ3n) is 4.27. The van der Waals surface area contributed by atoms with Gasteiger partial charge in [0.1, 0.15) is 0 Å². The van der Waals surface area contributed by atoms with Crippen molar-refractivity contribution in [3.8, 4) is 0 Å². The Labute approximate surface area is 110 Å². The van der Waals surface area contributed by atoms with E-state index in [-0.39, 0.29) is 0 Å². The van der Waals surface area contributed by atoms with Crippen LogP contribution < -0.4 is 5.32 Å². The van der Waals surface area contributed by atoms with E-state index >= 15 is 0 Å². The first kappa shape index (κ1) is 13.7. The van der Waals surface area contributed by atoms with Gasteiger partial charge in [0.2, 0.25) is 0 Å². The first-order chi connectivity index (χ1) is 8.18. The largest absolute Gasteiger partial charge is 0.377 e. The molecule has 1 atom stereocenters. The van der Waals surface area contributed by atoms with E-state index in [0.717, 1.165) is 13.2 Å². The van der Waals surface area contributed by atoms with Gasteiger partial charge in [-0.2, -0.15) is 11.8 Å². The van der Waals surface area contributed by atoms with Crippen molar-refractivity contribution in [3.63, 3.8) is 0 Å². The summed E-state index contributed by atoms with van der Waals surface area (Å²) >= 11 is 2.09. The minimum atomic E-state index is 0.457. The lowest BCUT2D eigenvalue weighted by Crippen LogP contribution is -2.47. The Hall–Kier alpha value is 0.270. The van der Waals surface area contributed by atoms with E-state index in [9.17, 15) is 0 Å². The first-order valence-electron chi connectivity index (χ1n) is 7.11. The number of hydrogen-bond donors (Lipinski definition) is 1. The summed E-state index contributed by atoms with van der Waals surface area (Å²) in [4.78, 5) is 0. The minimum absolute atomic E-state index is 0.457. The Balaban J connectivity index is 1.60. The molecule has 1 N–H and O–H groups in total. The molecule has 0 amide bonds. The third kappa shape index (κ3) is 4.15. The summed E-state index contributed by atoms with van der Waals surface area (Å²) in [5, 5.41) is 3.69. The average Bonchev–Trinajstić information content (AvgIpc) is 2.79. The molecule has 1 saturated heterocycles. The fourth-order valence-corrected chi connectivity index (χ4v) is 4.43. The molecule has 3 heteroatoms. The van der Waals surface area contributed by atoms with Gasteiger partial charge in [-0.25, -0.2) is 0 Å². The lowest BCUT2D eigenvalue weighted by molar-refractivity contribution is 0.0568. The van der Waals surface area contributed by atoms with E-state index in [4.69, 9.17) is 4.74 Å². The van der Waals surface area contributed by atoms with Crippen LogP contribution in [0.3, 0.4) is 0 Å². The molecule has 1 aliphatic carbocycles. The van der Waals surface area contributed by atoms with E-state index in [0.29, 0.717) is 17.6 Å². The van der Waals surface area contributed by atoms with Gasteiger partial charge in [-0.05, 0) is 30.4 Å². The van der Waals surface area contributed by atoms with Gasteiger partial charge in [-0.3, -0.25) is 0 Å². The fraction of sp³-hybridized carbons (Fsp3) is 1.00. The Kier molecular flexibility index (Phi) is 5.19. The molecule has 2 nitrogen and oxygen atoms in total. The number of thioether (sulfide) groups is 1. The van der Waals surface area contributed by atoms with Crippen LogP contribution in [-0.4, -0.2) is 36.8 Å². The zero-order chi connectivity index (χ0) is 12.1. The van der Waals surface area contributed by atoms with E-state index in [2.05, 4.69) is 30.9 Å². The quantitative estimate of drug-likeness (QED) is 0.765. The maximum absolute atomic E-state index is 5.89. The molecule has 0 spiro atoms. The lowest BCUT2D eigenvalue weighted by Gasteiger charge is -2.39. The molecule has 2 rings (SSSR count). The highest BCUT2D eigenvalue weighted by Crippen LogP contribution is 2.33. The standard InChI is InChI=1S/C14H27NOS/c1-14(2)7-10-17-11-13(14)15-8-9-16-12-5-3-4-6-12/h12-13,15H,3-11H2,1-2H3. The van der Waals surface area contributed by atoms with Crippen LogP contribution in [0.2, 0.25) is 0 Å². The number of hydrogen-bond acceptors (Lipinski definition) is 3. The first-order valence-corrected chi connectivity index (χ1v) is 8.27. The molecule has 1 aliphatic heterocycles. The van der Waals surface area contributed by atoms with E-state index in [1.54, 1.807) is 0 Å². The second-order valence-corrected chi connectivity index (χ2v) is 7.25. The summed E-state index contributed by atoms with van der Waals surface area (Å²) in [7, 11) is 0. The van der Waals surface area contributed by atoms with Crippen LogP contribution in [0, 0.1) is 5.41 Å². The molecule has 0 radical (unpaired) electrons. The molecule has 17 heavy (non-hydrogen) atoms. The molecule has 1 unspecified atom stereocenters. The fourth-order valence-electron chi connectivity index (χ4n) is 2.79. The summed E-state index contributed by atoms with van der Waals surface area (Å²) in [6, 6.07) is 0.661. The van der Waals surface area contributed by atoms with E-state index in [1.807, 2.05) is 0 Å². The van der Waals surface area contributed by atoms with Gasteiger partial charge in [0.25, 0.3) is 0 Å². The van der Waals surface area contributed by atoms with Gasteiger partial charge in [0.05, 0.1) is 12.7 Å². The van der Waals surface area contributed by atoms with Crippen LogP contribution in [0.15, 0.2) is 0 Å². The molecule has 0 aromatic carbocycles. The summed E-state index contributed by atoms with van der Waals surface area (Å²) in [6.45, 7) is 6.69.